The average Bonchev–Trinajstić information content (AvgIpc) is 2.39. The number of rotatable bonds is 4. The fourth-order valence-electron chi connectivity index (χ4n) is 1.79. The van der Waals surface area contributed by atoms with E-state index in [9.17, 15) is 0 Å². The van der Waals surface area contributed by atoms with Crippen molar-refractivity contribution in [2.75, 3.05) is 19.0 Å². The van der Waals surface area contributed by atoms with Gasteiger partial charge in [0, 0.05) is 44.2 Å². The SMILES string of the molecule is Cc1nc(Oc2cccc(N(C)C)c2)ccc1CN. The Morgan fingerprint density at radius 1 is 1.21 bits per heavy atom. The molecule has 0 bridgehead atoms. The van der Waals surface area contributed by atoms with Crippen molar-refractivity contribution in [3.8, 4) is 11.6 Å². The predicted molar refractivity (Wildman–Crippen MR) is 77.7 cm³/mol. The predicted octanol–water partition coefficient (Wildman–Crippen LogP) is 2.71. The number of aromatic nitrogens is 1. The van der Waals surface area contributed by atoms with Crippen LogP contribution in [0, 0.1) is 6.92 Å². The maximum absolute atomic E-state index is 5.77. The van der Waals surface area contributed by atoms with Crippen LogP contribution in [0.4, 0.5) is 5.69 Å². The van der Waals surface area contributed by atoms with Crippen molar-refractivity contribution in [3.63, 3.8) is 0 Å². The molecule has 1 aromatic carbocycles. The molecule has 0 unspecified atom stereocenters. The molecule has 0 saturated heterocycles. The number of aryl methyl sites for hydroxylation is 1. The number of hydrogen-bond acceptors (Lipinski definition) is 4. The average molecular weight is 257 g/mol. The molecule has 0 aliphatic heterocycles. The standard InChI is InChI=1S/C15H19N3O/c1-11-12(10-16)7-8-15(17-11)19-14-6-4-5-13(9-14)18(2)3/h4-9H,10,16H2,1-3H3. The summed E-state index contributed by atoms with van der Waals surface area (Å²) in [7, 11) is 4.00. The third-order valence-electron chi connectivity index (χ3n) is 2.95. The number of pyridine rings is 1. The van der Waals surface area contributed by atoms with Gasteiger partial charge in [-0.1, -0.05) is 12.1 Å². The van der Waals surface area contributed by atoms with E-state index in [1.165, 1.54) is 0 Å². The number of nitrogens with two attached hydrogens (primary N) is 1. The lowest BCUT2D eigenvalue weighted by Gasteiger charge is -2.14. The zero-order valence-electron chi connectivity index (χ0n) is 11.6. The van der Waals surface area contributed by atoms with Gasteiger partial charge in [0.25, 0.3) is 0 Å². The van der Waals surface area contributed by atoms with Crippen LogP contribution in [0.15, 0.2) is 36.4 Å². The molecule has 1 heterocycles. The maximum atomic E-state index is 5.77. The lowest BCUT2D eigenvalue weighted by molar-refractivity contribution is 0.461. The molecule has 0 radical (unpaired) electrons. The first-order valence-corrected chi connectivity index (χ1v) is 6.22. The summed E-state index contributed by atoms with van der Waals surface area (Å²) in [6, 6.07) is 11.7. The van der Waals surface area contributed by atoms with E-state index >= 15 is 0 Å². The molecule has 0 amide bonds. The highest BCUT2D eigenvalue weighted by Gasteiger charge is 2.04. The van der Waals surface area contributed by atoms with E-state index < -0.39 is 0 Å². The Balaban J connectivity index is 2.21. The second kappa shape index (κ2) is 5.71. The monoisotopic (exact) mass is 257 g/mol. The van der Waals surface area contributed by atoms with Gasteiger partial charge in [0.15, 0.2) is 0 Å². The van der Waals surface area contributed by atoms with Gasteiger partial charge in [-0.25, -0.2) is 4.98 Å². The quantitative estimate of drug-likeness (QED) is 0.915. The second-order valence-electron chi connectivity index (χ2n) is 4.59. The van der Waals surface area contributed by atoms with E-state index in [-0.39, 0.29) is 0 Å². The van der Waals surface area contributed by atoms with E-state index in [4.69, 9.17) is 10.5 Å². The molecule has 0 saturated carbocycles. The molecule has 19 heavy (non-hydrogen) atoms. The number of benzene rings is 1. The van der Waals surface area contributed by atoms with Crippen molar-refractivity contribution in [2.45, 2.75) is 13.5 Å². The summed E-state index contributed by atoms with van der Waals surface area (Å²) in [5.41, 5.74) is 8.65. The van der Waals surface area contributed by atoms with Gasteiger partial charge < -0.3 is 15.4 Å². The van der Waals surface area contributed by atoms with Gasteiger partial charge in [-0.05, 0) is 24.6 Å². The van der Waals surface area contributed by atoms with Gasteiger partial charge >= 0.3 is 0 Å². The first-order chi connectivity index (χ1) is 9.10. The van der Waals surface area contributed by atoms with Crippen LogP contribution in [-0.4, -0.2) is 19.1 Å². The van der Waals surface area contributed by atoms with Gasteiger partial charge in [-0.3, -0.25) is 0 Å². The first kappa shape index (κ1) is 13.4. The van der Waals surface area contributed by atoms with E-state index in [2.05, 4.69) is 4.98 Å². The first-order valence-electron chi connectivity index (χ1n) is 6.22. The molecule has 4 heteroatoms. The number of nitrogens with zero attached hydrogens (tertiary/aromatic N) is 2. The van der Waals surface area contributed by atoms with Crippen molar-refractivity contribution < 1.29 is 4.74 Å². The fourth-order valence-corrected chi connectivity index (χ4v) is 1.79. The molecule has 0 aliphatic rings. The van der Waals surface area contributed by atoms with Crippen LogP contribution in [0.2, 0.25) is 0 Å². The molecule has 100 valence electrons. The van der Waals surface area contributed by atoms with Crippen molar-refractivity contribution in [1.29, 1.82) is 0 Å². The minimum absolute atomic E-state index is 0.495. The molecule has 2 rings (SSSR count). The van der Waals surface area contributed by atoms with E-state index in [1.54, 1.807) is 0 Å². The number of ether oxygens (including phenoxy) is 1. The summed E-state index contributed by atoms with van der Waals surface area (Å²) in [4.78, 5) is 6.43. The van der Waals surface area contributed by atoms with Gasteiger partial charge in [-0.15, -0.1) is 0 Å². The van der Waals surface area contributed by atoms with Crippen LogP contribution in [0.1, 0.15) is 11.3 Å². The second-order valence-corrected chi connectivity index (χ2v) is 4.59. The van der Waals surface area contributed by atoms with Crippen LogP contribution >= 0.6 is 0 Å². The van der Waals surface area contributed by atoms with E-state index in [0.29, 0.717) is 12.4 Å². The van der Waals surface area contributed by atoms with Crippen molar-refractivity contribution in [3.05, 3.63) is 47.7 Å². The van der Waals surface area contributed by atoms with Gasteiger partial charge in [0.1, 0.15) is 5.75 Å². The molecular weight excluding hydrogens is 238 g/mol. The van der Waals surface area contributed by atoms with Crippen molar-refractivity contribution in [2.24, 2.45) is 5.73 Å². The van der Waals surface area contributed by atoms with Gasteiger partial charge in [-0.2, -0.15) is 0 Å². The lowest BCUT2D eigenvalue weighted by Crippen LogP contribution is -2.08. The summed E-state index contributed by atoms with van der Waals surface area (Å²) in [5, 5.41) is 0. The Hall–Kier alpha value is -2.07. The topological polar surface area (TPSA) is 51.4 Å². The summed E-state index contributed by atoms with van der Waals surface area (Å²) in [5.74, 6) is 1.37. The smallest absolute Gasteiger partial charge is 0.219 e. The Morgan fingerprint density at radius 2 is 2.00 bits per heavy atom. The Labute approximate surface area is 113 Å². The molecule has 1 aromatic heterocycles. The summed E-state index contributed by atoms with van der Waals surface area (Å²) in [6.07, 6.45) is 0. The minimum Gasteiger partial charge on any atom is -0.439 e. The molecule has 4 nitrogen and oxygen atoms in total. The molecule has 0 atom stereocenters. The summed E-state index contributed by atoms with van der Waals surface area (Å²) in [6.45, 7) is 2.43. The van der Waals surface area contributed by atoms with E-state index in [0.717, 1.165) is 22.7 Å². The fraction of sp³-hybridized carbons (Fsp3) is 0.267. The van der Waals surface area contributed by atoms with Crippen LogP contribution in [0.3, 0.4) is 0 Å². The molecule has 0 aliphatic carbocycles. The van der Waals surface area contributed by atoms with E-state index in [1.807, 2.05) is 62.3 Å². The Bertz CT molecular complexity index is 567. The Morgan fingerprint density at radius 3 is 2.63 bits per heavy atom. The Kier molecular flexibility index (Phi) is 4.02. The third kappa shape index (κ3) is 3.23. The molecule has 2 N–H and O–H groups in total. The van der Waals surface area contributed by atoms with Crippen LogP contribution < -0.4 is 15.4 Å². The largest absolute Gasteiger partial charge is 0.439 e. The highest BCUT2D eigenvalue weighted by Crippen LogP contribution is 2.24. The van der Waals surface area contributed by atoms with Crippen molar-refractivity contribution in [1.82, 2.24) is 4.98 Å². The highest BCUT2D eigenvalue weighted by atomic mass is 16.5. The molecule has 0 spiro atoms. The van der Waals surface area contributed by atoms with Crippen LogP contribution in [-0.2, 0) is 6.54 Å². The highest BCUT2D eigenvalue weighted by molar-refractivity contribution is 5.50. The summed E-state index contributed by atoms with van der Waals surface area (Å²) >= 11 is 0. The van der Waals surface area contributed by atoms with Gasteiger partial charge in [0.05, 0.1) is 0 Å². The molecule has 2 aromatic rings. The third-order valence-corrected chi connectivity index (χ3v) is 2.95. The lowest BCUT2D eigenvalue weighted by atomic mass is 10.2. The normalized spacial score (nSPS) is 10.3. The summed E-state index contributed by atoms with van der Waals surface area (Å²) < 4.78 is 5.77. The molecular formula is C15H19N3O. The van der Waals surface area contributed by atoms with Gasteiger partial charge in [0.2, 0.25) is 5.88 Å². The molecule has 0 fully saturated rings. The number of anilines is 1. The number of hydrogen-bond donors (Lipinski definition) is 1. The van der Waals surface area contributed by atoms with Crippen LogP contribution in [0.5, 0.6) is 11.6 Å². The maximum Gasteiger partial charge on any atom is 0.219 e. The van der Waals surface area contributed by atoms with Crippen LogP contribution in [0.25, 0.3) is 0 Å². The zero-order chi connectivity index (χ0) is 13.8. The minimum atomic E-state index is 0.495. The zero-order valence-corrected chi connectivity index (χ0v) is 11.6. The van der Waals surface area contributed by atoms with Crippen molar-refractivity contribution >= 4 is 5.69 Å².